The molecule has 1 N–H and O–H groups in total. The minimum atomic E-state index is -0.689. The van der Waals surface area contributed by atoms with Crippen LogP contribution >= 0.6 is 11.6 Å². The Hall–Kier alpha value is -2.41. The zero-order valence-electron chi connectivity index (χ0n) is 11.3. The van der Waals surface area contributed by atoms with E-state index in [1.165, 1.54) is 30.1 Å². The van der Waals surface area contributed by atoms with Crippen LogP contribution in [0.1, 0.15) is 11.3 Å². The van der Waals surface area contributed by atoms with Crippen molar-refractivity contribution in [2.75, 3.05) is 7.11 Å². The highest BCUT2D eigenvalue weighted by atomic mass is 35.5. The van der Waals surface area contributed by atoms with E-state index in [-0.39, 0.29) is 5.82 Å². The average molecular weight is 311 g/mol. The summed E-state index contributed by atoms with van der Waals surface area (Å²) in [6, 6.07) is 5.74. The molecular weight excluding hydrogens is 299 g/mol. The lowest BCUT2D eigenvalue weighted by atomic mass is 10.3. The summed E-state index contributed by atoms with van der Waals surface area (Å²) in [4.78, 5) is 10.9. The Morgan fingerprint density at radius 2 is 2.14 bits per heavy atom. The van der Waals surface area contributed by atoms with Gasteiger partial charge in [0.05, 0.1) is 30.3 Å². The van der Waals surface area contributed by atoms with Gasteiger partial charge >= 0.3 is 6.09 Å². The van der Waals surface area contributed by atoms with Gasteiger partial charge in [-0.3, -0.25) is 0 Å². The first-order chi connectivity index (χ1) is 10.0. The maximum absolute atomic E-state index is 12.9. The monoisotopic (exact) mass is 310 g/mol. The van der Waals surface area contributed by atoms with E-state index < -0.39 is 6.09 Å². The van der Waals surface area contributed by atoms with E-state index in [1.807, 2.05) is 0 Å². The van der Waals surface area contributed by atoms with Gasteiger partial charge in [-0.05, 0) is 31.2 Å². The molecule has 110 valence electrons. The van der Waals surface area contributed by atoms with Gasteiger partial charge in [-0.25, -0.2) is 19.3 Å². The molecule has 6 nitrogen and oxygen atoms in total. The van der Waals surface area contributed by atoms with Gasteiger partial charge < -0.3 is 4.74 Å². The number of nitrogens with one attached hydrogen (secondary N) is 1. The fraction of sp³-hybridized carbons (Fsp3) is 0.154. The Morgan fingerprint density at radius 1 is 1.48 bits per heavy atom. The number of nitrogens with zero attached hydrogens (tertiary/aromatic N) is 3. The molecule has 1 aromatic carbocycles. The van der Waals surface area contributed by atoms with Crippen molar-refractivity contribution < 1.29 is 13.9 Å². The third-order valence-corrected chi connectivity index (χ3v) is 3.02. The third kappa shape index (κ3) is 3.38. The van der Waals surface area contributed by atoms with Crippen LogP contribution in [0.25, 0.3) is 5.69 Å². The molecule has 21 heavy (non-hydrogen) atoms. The summed E-state index contributed by atoms with van der Waals surface area (Å²) in [7, 11) is 1.23. The van der Waals surface area contributed by atoms with Gasteiger partial charge in [0.25, 0.3) is 0 Å². The SMILES string of the molecule is COC(=O)NN=Cc1c(C)nn(-c2ccc(F)cc2)c1Cl. The molecule has 0 aliphatic rings. The summed E-state index contributed by atoms with van der Waals surface area (Å²) in [5, 5.41) is 8.26. The largest absolute Gasteiger partial charge is 0.452 e. The van der Waals surface area contributed by atoms with Crippen molar-refractivity contribution in [3.63, 3.8) is 0 Å². The predicted octanol–water partition coefficient (Wildman–Crippen LogP) is 2.66. The number of hydrazone groups is 1. The molecular formula is C13H12ClFN4O2. The van der Waals surface area contributed by atoms with Crippen LogP contribution in [-0.4, -0.2) is 29.2 Å². The number of carbonyl (C=O) groups excluding carboxylic acids is 1. The van der Waals surface area contributed by atoms with Crippen molar-refractivity contribution in [2.45, 2.75) is 6.92 Å². The standard InChI is InChI=1S/C13H12ClFN4O2/c1-8-11(7-16-17-13(20)21-2)12(14)19(18-8)10-5-3-9(15)4-6-10/h3-7H,1-2H3,(H,17,20). The van der Waals surface area contributed by atoms with E-state index in [4.69, 9.17) is 11.6 Å². The quantitative estimate of drug-likeness (QED) is 0.700. The number of aryl methyl sites for hydroxylation is 1. The number of halogens is 2. The molecule has 0 aliphatic carbocycles. The van der Waals surface area contributed by atoms with Crippen LogP contribution in [0.5, 0.6) is 0 Å². The molecule has 1 heterocycles. The van der Waals surface area contributed by atoms with Crippen molar-refractivity contribution >= 4 is 23.9 Å². The normalized spacial score (nSPS) is 10.9. The molecule has 2 aromatic rings. The fourth-order valence-electron chi connectivity index (χ4n) is 1.61. The summed E-state index contributed by atoms with van der Waals surface area (Å²) in [6.07, 6.45) is 0.674. The second-order valence-electron chi connectivity index (χ2n) is 4.04. The molecule has 0 spiro atoms. The molecule has 0 radical (unpaired) electrons. The van der Waals surface area contributed by atoms with E-state index in [0.717, 1.165) is 0 Å². The minimum Gasteiger partial charge on any atom is -0.452 e. The molecule has 0 saturated heterocycles. The first-order valence-electron chi connectivity index (χ1n) is 5.91. The highest BCUT2D eigenvalue weighted by molar-refractivity contribution is 6.32. The Balaban J connectivity index is 2.29. The summed E-state index contributed by atoms with van der Waals surface area (Å²) in [5.74, 6) is -0.345. The predicted molar refractivity (Wildman–Crippen MR) is 76.4 cm³/mol. The number of amides is 1. The minimum absolute atomic E-state index is 0.300. The molecule has 2 rings (SSSR count). The van der Waals surface area contributed by atoms with E-state index in [2.05, 4.69) is 20.4 Å². The lowest BCUT2D eigenvalue weighted by Gasteiger charge is -2.02. The number of ether oxygens (including phenoxy) is 1. The number of benzene rings is 1. The highest BCUT2D eigenvalue weighted by Crippen LogP contribution is 2.22. The summed E-state index contributed by atoms with van der Waals surface area (Å²) < 4.78 is 18.8. The molecule has 0 saturated carbocycles. The Bertz CT molecular complexity index is 682. The Kier molecular flexibility index (Phi) is 4.54. The van der Waals surface area contributed by atoms with Crippen molar-refractivity contribution in [1.82, 2.24) is 15.2 Å². The fourth-order valence-corrected chi connectivity index (χ4v) is 1.93. The number of hydrogen-bond donors (Lipinski definition) is 1. The molecule has 0 fully saturated rings. The van der Waals surface area contributed by atoms with Crippen LogP contribution in [0.4, 0.5) is 9.18 Å². The maximum Gasteiger partial charge on any atom is 0.427 e. The Labute approximate surface area is 125 Å². The summed E-state index contributed by atoms with van der Waals surface area (Å²) >= 11 is 6.22. The second kappa shape index (κ2) is 6.36. The number of aromatic nitrogens is 2. The van der Waals surface area contributed by atoms with Gasteiger partial charge in [0, 0.05) is 0 Å². The van der Waals surface area contributed by atoms with Crippen LogP contribution in [0.2, 0.25) is 5.15 Å². The van der Waals surface area contributed by atoms with Gasteiger partial charge in [0.15, 0.2) is 0 Å². The first-order valence-corrected chi connectivity index (χ1v) is 6.29. The van der Waals surface area contributed by atoms with Gasteiger partial charge in [0.2, 0.25) is 0 Å². The molecule has 0 aliphatic heterocycles. The van der Waals surface area contributed by atoms with E-state index >= 15 is 0 Å². The Morgan fingerprint density at radius 3 is 2.76 bits per heavy atom. The molecule has 0 bridgehead atoms. The molecule has 8 heteroatoms. The summed E-state index contributed by atoms with van der Waals surface area (Å²) in [5.41, 5.74) is 3.92. The third-order valence-electron chi connectivity index (χ3n) is 2.65. The van der Waals surface area contributed by atoms with Crippen molar-refractivity contribution in [3.8, 4) is 5.69 Å². The van der Waals surface area contributed by atoms with Gasteiger partial charge in [-0.15, -0.1) is 0 Å². The van der Waals surface area contributed by atoms with Gasteiger partial charge in [-0.2, -0.15) is 10.2 Å². The zero-order valence-corrected chi connectivity index (χ0v) is 12.1. The van der Waals surface area contributed by atoms with Crippen molar-refractivity contribution in [3.05, 3.63) is 46.5 Å². The lowest BCUT2D eigenvalue weighted by molar-refractivity contribution is 0.171. The first kappa shape index (κ1) is 15.0. The average Bonchev–Trinajstić information content (AvgIpc) is 2.75. The lowest BCUT2D eigenvalue weighted by Crippen LogP contribution is -2.16. The number of carbonyl (C=O) groups is 1. The van der Waals surface area contributed by atoms with Gasteiger partial charge in [0.1, 0.15) is 11.0 Å². The highest BCUT2D eigenvalue weighted by Gasteiger charge is 2.13. The smallest absolute Gasteiger partial charge is 0.427 e. The van der Waals surface area contributed by atoms with Crippen LogP contribution in [-0.2, 0) is 4.74 Å². The number of rotatable bonds is 3. The second-order valence-corrected chi connectivity index (χ2v) is 4.40. The van der Waals surface area contributed by atoms with Crippen LogP contribution in [0.3, 0.4) is 0 Å². The topological polar surface area (TPSA) is 68.5 Å². The van der Waals surface area contributed by atoms with E-state index in [0.29, 0.717) is 22.1 Å². The van der Waals surface area contributed by atoms with Gasteiger partial charge in [-0.1, -0.05) is 11.6 Å². The molecule has 1 aromatic heterocycles. The van der Waals surface area contributed by atoms with Crippen LogP contribution < -0.4 is 5.43 Å². The van der Waals surface area contributed by atoms with Crippen LogP contribution in [0.15, 0.2) is 29.4 Å². The van der Waals surface area contributed by atoms with Crippen molar-refractivity contribution in [1.29, 1.82) is 0 Å². The van der Waals surface area contributed by atoms with Crippen LogP contribution in [0, 0.1) is 12.7 Å². The number of hydrogen-bond acceptors (Lipinski definition) is 4. The van der Waals surface area contributed by atoms with E-state index in [9.17, 15) is 9.18 Å². The zero-order chi connectivity index (χ0) is 15.4. The maximum atomic E-state index is 12.9. The summed E-state index contributed by atoms with van der Waals surface area (Å²) in [6.45, 7) is 1.74. The van der Waals surface area contributed by atoms with Crippen molar-refractivity contribution in [2.24, 2.45) is 5.10 Å². The number of methoxy groups -OCH3 is 1. The molecule has 0 unspecified atom stereocenters. The molecule has 0 atom stereocenters. The molecule has 1 amide bonds. The van der Waals surface area contributed by atoms with E-state index in [1.54, 1.807) is 19.1 Å².